The van der Waals surface area contributed by atoms with Gasteiger partial charge < -0.3 is 14.6 Å². The Labute approximate surface area is 137 Å². The van der Waals surface area contributed by atoms with Gasteiger partial charge in [-0.25, -0.2) is 4.79 Å². The smallest absolute Gasteiger partial charge is 0.333 e. The molecule has 2 aliphatic carbocycles. The first-order valence-corrected chi connectivity index (χ1v) is 8.33. The Morgan fingerprint density at radius 2 is 2.04 bits per heavy atom. The summed E-state index contributed by atoms with van der Waals surface area (Å²) < 4.78 is 10.6. The number of hydrogen-bond acceptors (Lipinski definition) is 5. The number of rotatable bonds is 5. The van der Waals surface area contributed by atoms with Crippen LogP contribution in [0.2, 0.25) is 0 Å². The van der Waals surface area contributed by atoms with Crippen molar-refractivity contribution >= 4 is 11.9 Å². The number of esters is 2. The minimum absolute atomic E-state index is 0.0820. The molecule has 0 saturated heterocycles. The summed E-state index contributed by atoms with van der Waals surface area (Å²) in [6, 6.07) is 0. The van der Waals surface area contributed by atoms with Crippen molar-refractivity contribution in [3.63, 3.8) is 0 Å². The van der Waals surface area contributed by atoms with Gasteiger partial charge >= 0.3 is 11.9 Å². The molecular formula is C18H26O5. The van der Waals surface area contributed by atoms with Crippen LogP contribution in [0.1, 0.15) is 45.4 Å². The number of aliphatic hydroxyl groups is 1. The Morgan fingerprint density at radius 1 is 1.26 bits per heavy atom. The third-order valence-electron chi connectivity index (χ3n) is 4.53. The number of hydrogen-bond donors (Lipinski definition) is 1. The summed E-state index contributed by atoms with van der Waals surface area (Å²) in [6.07, 6.45) is 7.25. The van der Waals surface area contributed by atoms with Gasteiger partial charge in [0.05, 0.1) is 18.6 Å². The molecule has 128 valence electrons. The van der Waals surface area contributed by atoms with Gasteiger partial charge in [0.2, 0.25) is 0 Å². The number of ether oxygens (including phenoxy) is 2. The number of carbonyl (C=O) groups excluding carboxylic acids is 2. The summed E-state index contributed by atoms with van der Waals surface area (Å²) >= 11 is 0. The molecule has 0 radical (unpaired) electrons. The van der Waals surface area contributed by atoms with Crippen molar-refractivity contribution in [3.8, 4) is 0 Å². The van der Waals surface area contributed by atoms with Crippen molar-refractivity contribution in [3.05, 3.63) is 24.3 Å². The molecule has 0 bridgehead atoms. The zero-order valence-corrected chi connectivity index (χ0v) is 13.7. The number of allylic oxidation sites excluding steroid dienone is 2. The normalized spacial score (nSPS) is 30.5. The highest BCUT2D eigenvalue weighted by Gasteiger charge is 2.34. The second-order valence-corrected chi connectivity index (χ2v) is 6.58. The molecule has 0 amide bonds. The van der Waals surface area contributed by atoms with Crippen molar-refractivity contribution in [1.82, 2.24) is 0 Å². The minimum atomic E-state index is -0.694. The lowest BCUT2D eigenvalue weighted by Gasteiger charge is -2.33. The lowest BCUT2D eigenvalue weighted by molar-refractivity contribution is -0.164. The molecule has 1 saturated carbocycles. The Morgan fingerprint density at radius 3 is 2.65 bits per heavy atom. The van der Waals surface area contributed by atoms with E-state index in [0.717, 1.165) is 25.7 Å². The molecule has 0 aromatic carbocycles. The second-order valence-electron chi connectivity index (χ2n) is 6.58. The summed E-state index contributed by atoms with van der Waals surface area (Å²) in [4.78, 5) is 23.5. The van der Waals surface area contributed by atoms with Crippen LogP contribution in [0, 0.1) is 11.8 Å². The van der Waals surface area contributed by atoms with Crippen molar-refractivity contribution in [2.45, 2.75) is 57.7 Å². The van der Waals surface area contributed by atoms with E-state index in [1.54, 1.807) is 6.92 Å². The predicted octanol–water partition coefficient (Wildman–Crippen LogP) is 2.53. The summed E-state index contributed by atoms with van der Waals surface area (Å²) in [5.41, 5.74) is 0.370. The van der Waals surface area contributed by atoms with E-state index < -0.39 is 18.2 Å². The van der Waals surface area contributed by atoms with E-state index >= 15 is 0 Å². The average Bonchev–Trinajstić information content (AvgIpc) is 2.55. The SMILES string of the molecule is C=C(C)C(=O)OCC1CCC(OC(=O)C2CC=CCC2)C(O)C1. The third-order valence-corrected chi connectivity index (χ3v) is 4.53. The predicted molar refractivity (Wildman–Crippen MR) is 85.5 cm³/mol. The van der Waals surface area contributed by atoms with Crippen molar-refractivity contribution in [2.24, 2.45) is 11.8 Å². The Hall–Kier alpha value is -1.62. The van der Waals surface area contributed by atoms with Gasteiger partial charge in [0.15, 0.2) is 0 Å². The van der Waals surface area contributed by atoms with E-state index in [2.05, 4.69) is 12.7 Å². The van der Waals surface area contributed by atoms with Crippen molar-refractivity contribution < 1.29 is 24.2 Å². The molecule has 1 fully saturated rings. The van der Waals surface area contributed by atoms with Crippen LogP contribution in [0.3, 0.4) is 0 Å². The van der Waals surface area contributed by atoms with E-state index in [1.165, 1.54) is 0 Å². The van der Waals surface area contributed by atoms with Crippen molar-refractivity contribution in [2.75, 3.05) is 6.61 Å². The molecule has 4 atom stereocenters. The standard InChI is InChI=1S/C18H26O5/c1-12(2)17(20)22-11-13-8-9-16(15(19)10-13)23-18(21)14-6-4-3-5-7-14/h3-4,13-16,19H,1,5-11H2,2H3. The molecule has 2 rings (SSSR count). The van der Waals surface area contributed by atoms with Crippen LogP contribution < -0.4 is 0 Å². The molecule has 2 aliphatic rings. The highest BCUT2D eigenvalue weighted by molar-refractivity contribution is 5.86. The molecule has 4 unspecified atom stereocenters. The number of aliphatic hydroxyl groups excluding tert-OH is 1. The van der Waals surface area contributed by atoms with Gasteiger partial charge in [0.25, 0.3) is 0 Å². The first kappa shape index (κ1) is 17.7. The molecule has 5 nitrogen and oxygen atoms in total. The molecule has 0 aromatic rings. The largest absolute Gasteiger partial charge is 0.462 e. The Kier molecular flexibility index (Phi) is 6.39. The van der Waals surface area contributed by atoms with Gasteiger partial charge in [-0.05, 0) is 51.4 Å². The maximum absolute atomic E-state index is 12.1. The molecule has 0 aromatic heterocycles. The average molecular weight is 322 g/mol. The molecular weight excluding hydrogens is 296 g/mol. The van der Waals surface area contributed by atoms with Crippen LogP contribution in [0.25, 0.3) is 0 Å². The van der Waals surface area contributed by atoms with Crippen molar-refractivity contribution in [1.29, 1.82) is 0 Å². The van der Waals surface area contributed by atoms with E-state index in [0.29, 0.717) is 18.4 Å². The highest BCUT2D eigenvalue weighted by atomic mass is 16.6. The Balaban J connectivity index is 1.75. The van der Waals surface area contributed by atoms with Crippen LogP contribution in [-0.2, 0) is 19.1 Å². The van der Waals surface area contributed by atoms with Gasteiger partial charge in [-0.1, -0.05) is 18.7 Å². The summed E-state index contributed by atoms with van der Waals surface area (Å²) in [7, 11) is 0. The van der Waals surface area contributed by atoms with Crippen LogP contribution in [0.15, 0.2) is 24.3 Å². The highest BCUT2D eigenvalue weighted by Crippen LogP contribution is 2.29. The molecule has 0 aliphatic heterocycles. The third kappa shape index (κ3) is 5.20. The van der Waals surface area contributed by atoms with E-state index in [9.17, 15) is 14.7 Å². The monoisotopic (exact) mass is 322 g/mol. The molecule has 1 N–H and O–H groups in total. The van der Waals surface area contributed by atoms with E-state index in [1.807, 2.05) is 6.08 Å². The zero-order chi connectivity index (χ0) is 16.8. The topological polar surface area (TPSA) is 72.8 Å². The quantitative estimate of drug-likeness (QED) is 0.478. The first-order valence-electron chi connectivity index (χ1n) is 8.33. The van der Waals surface area contributed by atoms with Gasteiger partial charge in [0.1, 0.15) is 6.10 Å². The lowest BCUT2D eigenvalue weighted by atomic mass is 9.85. The fourth-order valence-electron chi connectivity index (χ4n) is 3.06. The lowest BCUT2D eigenvalue weighted by Crippen LogP contribution is -2.39. The first-order chi connectivity index (χ1) is 11.0. The molecule has 5 heteroatoms. The molecule has 0 spiro atoms. The molecule has 23 heavy (non-hydrogen) atoms. The zero-order valence-electron chi connectivity index (χ0n) is 13.7. The van der Waals surface area contributed by atoms with Gasteiger partial charge in [-0.3, -0.25) is 4.79 Å². The fraction of sp³-hybridized carbons (Fsp3) is 0.667. The van der Waals surface area contributed by atoms with Crippen LogP contribution >= 0.6 is 0 Å². The summed E-state index contributed by atoms with van der Waals surface area (Å²) in [5.74, 6) is -0.591. The fourth-order valence-corrected chi connectivity index (χ4v) is 3.06. The van der Waals surface area contributed by atoms with Crippen LogP contribution in [0.4, 0.5) is 0 Å². The van der Waals surface area contributed by atoms with Crippen LogP contribution in [0.5, 0.6) is 0 Å². The maximum Gasteiger partial charge on any atom is 0.333 e. The second kappa shape index (κ2) is 8.29. The number of carbonyl (C=O) groups is 2. The van der Waals surface area contributed by atoms with Gasteiger partial charge in [-0.15, -0.1) is 0 Å². The minimum Gasteiger partial charge on any atom is -0.462 e. The van der Waals surface area contributed by atoms with E-state index in [-0.39, 0.29) is 24.4 Å². The summed E-state index contributed by atoms with van der Waals surface area (Å²) in [5, 5.41) is 10.2. The van der Waals surface area contributed by atoms with E-state index in [4.69, 9.17) is 9.47 Å². The Bertz CT molecular complexity index is 482. The summed E-state index contributed by atoms with van der Waals surface area (Å²) in [6.45, 7) is 5.42. The maximum atomic E-state index is 12.1. The van der Waals surface area contributed by atoms with Gasteiger partial charge in [0, 0.05) is 5.57 Å². The van der Waals surface area contributed by atoms with Gasteiger partial charge in [-0.2, -0.15) is 0 Å². The van der Waals surface area contributed by atoms with Crippen LogP contribution in [-0.4, -0.2) is 35.9 Å². The molecule has 0 heterocycles.